The second kappa shape index (κ2) is 6.35. The van der Waals surface area contributed by atoms with Crippen LogP contribution in [0.5, 0.6) is 0 Å². The normalized spacial score (nSPS) is 12.2. The molecular weight excluding hydrogens is 343 g/mol. The van der Waals surface area contributed by atoms with Gasteiger partial charge in [0, 0.05) is 4.47 Å². The van der Waals surface area contributed by atoms with Crippen molar-refractivity contribution in [3.05, 3.63) is 34.1 Å². The number of carbonyl (C=O) groups excluding carboxylic acids is 1. The van der Waals surface area contributed by atoms with E-state index in [-0.39, 0.29) is 18.2 Å². The maximum Gasteiger partial charge on any atom is 0.320 e. The van der Waals surface area contributed by atoms with Crippen LogP contribution in [0.2, 0.25) is 0 Å². The SMILES string of the molecule is CCOC(=O)C(Br)Cc1cc(Br)ccc1F. The van der Waals surface area contributed by atoms with E-state index in [0.29, 0.717) is 12.2 Å². The van der Waals surface area contributed by atoms with Crippen molar-refractivity contribution in [1.82, 2.24) is 0 Å². The first-order chi connectivity index (χ1) is 7.54. The highest BCUT2D eigenvalue weighted by molar-refractivity contribution is 9.10. The number of hydrogen-bond acceptors (Lipinski definition) is 2. The number of halogens is 3. The maximum absolute atomic E-state index is 13.4. The molecule has 0 aliphatic heterocycles. The predicted octanol–water partition coefficient (Wildman–Crippen LogP) is 3.46. The van der Waals surface area contributed by atoms with Crippen LogP contribution < -0.4 is 0 Å². The van der Waals surface area contributed by atoms with Crippen molar-refractivity contribution in [3.63, 3.8) is 0 Å². The molecule has 88 valence electrons. The molecule has 5 heteroatoms. The third-order valence-electron chi connectivity index (χ3n) is 1.95. The number of esters is 1. The first kappa shape index (κ1) is 13.6. The molecule has 1 atom stereocenters. The Morgan fingerprint density at radius 3 is 2.88 bits per heavy atom. The molecule has 0 aromatic heterocycles. The minimum Gasteiger partial charge on any atom is -0.465 e. The predicted molar refractivity (Wildman–Crippen MR) is 67.2 cm³/mol. The molecule has 0 saturated heterocycles. The molecule has 16 heavy (non-hydrogen) atoms. The Balaban J connectivity index is 2.72. The molecule has 0 radical (unpaired) electrons. The van der Waals surface area contributed by atoms with Crippen molar-refractivity contribution >= 4 is 37.8 Å². The average Bonchev–Trinajstić information content (AvgIpc) is 2.23. The Hall–Kier alpha value is -0.420. The number of carbonyl (C=O) groups is 1. The molecule has 0 bridgehead atoms. The highest BCUT2D eigenvalue weighted by Gasteiger charge is 2.18. The molecule has 0 heterocycles. The molecule has 1 unspecified atom stereocenters. The van der Waals surface area contributed by atoms with Gasteiger partial charge in [0.1, 0.15) is 10.6 Å². The monoisotopic (exact) mass is 352 g/mol. The Morgan fingerprint density at radius 2 is 2.25 bits per heavy atom. The summed E-state index contributed by atoms with van der Waals surface area (Å²) in [6.07, 6.45) is 0.268. The largest absolute Gasteiger partial charge is 0.465 e. The molecule has 0 aliphatic rings. The van der Waals surface area contributed by atoms with Crippen LogP contribution in [0.1, 0.15) is 12.5 Å². The minimum atomic E-state index is -0.517. The van der Waals surface area contributed by atoms with Gasteiger partial charge in [-0.15, -0.1) is 0 Å². The number of ether oxygens (including phenoxy) is 1. The van der Waals surface area contributed by atoms with E-state index in [1.807, 2.05) is 0 Å². The van der Waals surface area contributed by atoms with Crippen LogP contribution in [0, 0.1) is 5.82 Å². The first-order valence-electron chi connectivity index (χ1n) is 4.79. The number of alkyl halides is 1. The van der Waals surface area contributed by atoms with E-state index in [2.05, 4.69) is 31.9 Å². The van der Waals surface area contributed by atoms with Gasteiger partial charge in [0.25, 0.3) is 0 Å². The van der Waals surface area contributed by atoms with Gasteiger partial charge >= 0.3 is 5.97 Å². The van der Waals surface area contributed by atoms with Gasteiger partial charge in [0.05, 0.1) is 6.61 Å². The Morgan fingerprint density at radius 1 is 1.56 bits per heavy atom. The molecule has 0 N–H and O–H groups in total. The quantitative estimate of drug-likeness (QED) is 0.612. The number of hydrogen-bond donors (Lipinski definition) is 0. The lowest BCUT2D eigenvalue weighted by atomic mass is 10.1. The lowest BCUT2D eigenvalue weighted by molar-refractivity contribution is -0.142. The molecule has 0 amide bonds. The van der Waals surface area contributed by atoms with Gasteiger partial charge in [-0.1, -0.05) is 31.9 Å². The van der Waals surface area contributed by atoms with Gasteiger partial charge in [0.2, 0.25) is 0 Å². The van der Waals surface area contributed by atoms with Gasteiger partial charge in [-0.2, -0.15) is 0 Å². The van der Waals surface area contributed by atoms with E-state index < -0.39 is 4.83 Å². The lowest BCUT2D eigenvalue weighted by Crippen LogP contribution is -2.20. The van der Waals surface area contributed by atoms with Crippen molar-refractivity contribution in [3.8, 4) is 0 Å². The summed E-state index contributed by atoms with van der Waals surface area (Å²) < 4.78 is 19.0. The fourth-order valence-electron chi connectivity index (χ4n) is 1.21. The Kier molecular flexibility index (Phi) is 5.41. The fraction of sp³-hybridized carbons (Fsp3) is 0.364. The third kappa shape index (κ3) is 3.87. The molecule has 0 fully saturated rings. The standard InChI is InChI=1S/C11H11Br2FO2/c1-2-16-11(15)9(13)6-7-5-8(12)3-4-10(7)14/h3-5,9H,2,6H2,1H3. The van der Waals surface area contributed by atoms with Crippen LogP contribution in [0.15, 0.2) is 22.7 Å². The van der Waals surface area contributed by atoms with Crippen LogP contribution >= 0.6 is 31.9 Å². The van der Waals surface area contributed by atoms with E-state index >= 15 is 0 Å². The van der Waals surface area contributed by atoms with Crippen molar-refractivity contribution < 1.29 is 13.9 Å². The van der Waals surface area contributed by atoms with Gasteiger partial charge in [-0.25, -0.2) is 4.39 Å². The molecular formula is C11H11Br2FO2. The zero-order chi connectivity index (χ0) is 12.1. The van der Waals surface area contributed by atoms with E-state index in [9.17, 15) is 9.18 Å². The van der Waals surface area contributed by atoms with Crippen molar-refractivity contribution in [2.45, 2.75) is 18.2 Å². The summed E-state index contributed by atoms with van der Waals surface area (Å²) >= 11 is 6.44. The smallest absolute Gasteiger partial charge is 0.320 e. The second-order valence-electron chi connectivity index (χ2n) is 3.16. The third-order valence-corrected chi connectivity index (χ3v) is 3.14. The number of benzene rings is 1. The van der Waals surface area contributed by atoms with E-state index in [0.717, 1.165) is 4.47 Å². The second-order valence-corrected chi connectivity index (χ2v) is 5.18. The topological polar surface area (TPSA) is 26.3 Å². The molecule has 2 nitrogen and oxygen atoms in total. The van der Waals surface area contributed by atoms with E-state index in [1.54, 1.807) is 19.1 Å². The van der Waals surface area contributed by atoms with E-state index in [4.69, 9.17) is 4.74 Å². The van der Waals surface area contributed by atoms with Crippen LogP contribution in [-0.4, -0.2) is 17.4 Å². The highest BCUT2D eigenvalue weighted by Crippen LogP contribution is 2.19. The molecule has 0 saturated carbocycles. The highest BCUT2D eigenvalue weighted by atomic mass is 79.9. The summed E-state index contributed by atoms with van der Waals surface area (Å²) in [5, 5.41) is 0. The van der Waals surface area contributed by atoms with Gasteiger partial charge in [0.15, 0.2) is 0 Å². The van der Waals surface area contributed by atoms with E-state index in [1.165, 1.54) is 6.07 Å². The summed E-state index contributed by atoms with van der Waals surface area (Å²) in [6, 6.07) is 4.64. The van der Waals surface area contributed by atoms with Gasteiger partial charge < -0.3 is 4.74 Å². The minimum absolute atomic E-state index is 0.268. The summed E-state index contributed by atoms with van der Waals surface area (Å²) in [5.74, 6) is -0.696. The van der Waals surface area contributed by atoms with Crippen molar-refractivity contribution in [1.29, 1.82) is 0 Å². The van der Waals surface area contributed by atoms with Gasteiger partial charge in [-0.3, -0.25) is 4.79 Å². The van der Waals surface area contributed by atoms with Gasteiger partial charge in [-0.05, 0) is 37.1 Å². The molecule has 0 spiro atoms. The van der Waals surface area contributed by atoms with Crippen LogP contribution in [0.4, 0.5) is 4.39 Å². The molecule has 1 rings (SSSR count). The van der Waals surface area contributed by atoms with Crippen LogP contribution in [-0.2, 0) is 16.0 Å². The lowest BCUT2D eigenvalue weighted by Gasteiger charge is -2.09. The summed E-state index contributed by atoms with van der Waals surface area (Å²) in [5.41, 5.74) is 0.476. The molecule has 0 aliphatic carbocycles. The zero-order valence-corrected chi connectivity index (χ0v) is 11.8. The van der Waals surface area contributed by atoms with Crippen LogP contribution in [0.3, 0.4) is 0 Å². The van der Waals surface area contributed by atoms with Crippen molar-refractivity contribution in [2.75, 3.05) is 6.61 Å². The summed E-state index contributed by atoms with van der Waals surface area (Å²) in [4.78, 5) is 10.8. The summed E-state index contributed by atoms with van der Waals surface area (Å²) in [7, 11) is 0. The van der Waals surface area contributed by atoms with Crippen LogP contribution in [0.25, 0.3) is 0 Å². The average molecular weight is 354 g/mol. The fourth-order valence-corrected chi connectivity index (χ4v) is 2.10. The van der Waals surface area contributed by atoms with Crippen molar-refractivity contribution in [2.24, 2.45) is 0 Å². The molecule has 1 aromatic rings. The Labute approximate surface area is 110 Å². The Bertz CT molecular complexity index is 382. The maximum atomic E-state index is 13.4. The summed E-state index contributed by atoms with van der Waals surface area (Å²) in [6.45, 7) is 2.05. The first-order valence-corrected chi connectivity index (χ1v) is 6.50. The number of rotatable bonds is 4. The molecule has 1 aromatic carbocycles. The zero-order valence-electron chi connectivity index (χ0n) is 8.67.